The lowest BCUT2D eigenvalue weighted by Crippen LogP contribution is -2.19. The van der Waals surface area contributed by atoms with Crippen LogP contribution in [-0.4, -0.2) is 36.2 Å². The lowest BCUT2D eigenvalue weighted by Gasteiger charge is -2.15. The molecule has 0 heterocycles. The number of nitrogens with one attached hydrogen (secondary N) is 1. The average Bonchev–Trinajstić information content (AvgIpc) is 2.62. The smallest absolute Gasteiger partial charge is 0.337 e. The summed E-state index contributed by atoms with van der Waals surface area (Å²) in [5, 5.41) is 23.1. The Morgan fingerprint density at radius 1 is 1.21 bits per heavy atom. The molecule has 2 aromatic carbocycles. The fourth-order valence-electron chi connectivity index (χ4n) is 2.39. The molecule has 0 radical (unpaired) electrons. The minimum absolute atomic E-state index is 0.0457. The van der Waals surface area contributed by atoms with Gasteiger partial charge in [-0.25, -0.2) is 4.79 Å². The van der Waals surface area contributed by atoms with Crippen molar-refractivity contribution < 1.29 is 24.5 Å². The van der Waals surface area contributed by atoms with E-state index < -0.39 is 18.0 Å². The van der Waals surface area contributed by atoms with Crippen molar-refractivity contribution in [1.82, 2.24) is 5.32 Å². The summed E-state index contributed by atoms with van der Waals surface area (Å²) < 4.78 is 4.67. The molecule has 0 saturated carbocycles. The van der Waals surface area contributed by atoms with Gasteiger partial charge >= 0.3 is 5.97 Å². The van der Waals surface area contributed by atoms with Crippen LogP contribution in [0.25, 0.3) is 0 Å². The number of hydrogen-bond donors (Lipinski definition) is 3. The number of aliphatic hydroxyl groups excluding tert-OH is 1. The van der Waals surface area contributed by atoms with Crippen molar-refractivity contribution in [3.05, 3.63) is 64.7 Å². The zero-order valence-corrected chi connectivity index (χ0v) is 13.4. The summed E-state index contributed by atoms with van der Waals surface area (Å²) in [7, 11) is 2.65. The second-order valence-electron chi connectivity index (χ2n) is 5.23. The van der Waals surface area contributed by atoms with E-state index in [0.29, 0.717) is 5.56 Å². The van der Waals surface area contributed by atoms with Crippen molar-refractivity contribution in [2.75, 3.05) is 14.2 Å². The maximum absolute atomic E-state index is 11.9. The number of ether oxygens (including phenoxy) is 1. The Morgan fingerprint density at radius 3 is 2.46 bits per heavy atom. The minimum atomic E-state index is -0.887. The van der Waals surface area contributed by atoms with Crippen molar-refractivity contribution >= 4 is 11.9 Å². The van der Waals surface area contributed by atoms with Gasteiger partial charge in [0.2, 0.25) is 0 Å². The number of carbonyl (C=O) groups is 2. The number of rotatable bonds is 5. The summed E-state index contributed by atoms with van der Waals surface area (Å²) >= 11 is 0. The van der Waals surface area contributed by atoms with E-state index in [4.69, 9.17) is 0 Å². The highest BCUT2D eigenvalue weighted by Crippen LogP contribution is 2.29. The first kappa shape index (κ1) is 17.5. The molecule has 2 rings (SSSR count). The Kier molecular flexibility index (Phi) is 5.55. The van der Waals surface area contributed by atoms with Gasteiger partial charge in [-0.1, -0.05) is 30.3 Å². The molecule has 0 aliphatic rings. The largest absolute Gasteiger partial charge is 0.507 e. The predicted molar refractivity (Wildman–Crippen MR) is 87.9 cm³/mol. The third-order valence-electron chi connectivity index (χ3n) is 3.68. The molecule has 0 unspecified atom stereocenters. The van der Waals surface area contributed by atoms with Crippen molar-refractivity contribution in [3.8, 4) is 5.75 Å². The zero-order chi connectivity index (χ0) is 17.7. The predicted octanol–water partition coefficient (Wildman–Crippen LogP) is 1.81. The minimum Gasteiger partial charge on any atom is -0.507 e. The normalized spacial score (nSPS) is 11.6. The van der Waals surface area contributed by atoms with Gasteiger partial charge in [-0.2, -0.15) is 0 Å². The van der Waals surface area contributed by atoms with E-state index in [9.17, 15) is 19.8 Å². The molecule has 0 bridgehead atoms. The van der Waals surface area contributed by atoms with Gasteiger partial charge in [0.05, 0.1) is 24.3 Å². The van der Waals surface area contributed by atoms with Crippen LogP contribution in [0.4, 0.5) is 0 Å². The topological polar surface area (TPSA) is 95.9 Å². The van der Waals surface area contributed by atoms with Crippen molar-refractivity contribution in [3.63, 3.8) is 0 Å². The monoisotopic (exact) mass is 329 g/mol. The van der Waals surface area contributed by atoms with E-state index in [-0.39, 0.29) is 28.9 Å². The molecule has 6 nitrogen and oxygen atoms in total. The zero-order valence-electron chi connectivity index (χ0n) is 13.4. The Bertz CT molecular complexity index is 743. The Balaban J connectivity index is 2.44. The number of phenolic OH excluding ortho intramolecular Hbond substituents is 1. The molecule has 24 heavy (non-hydrogen) atoms. The molecule has 0 spiro atoms. The molecule has 0 aliphatic heterocycles. The van der Waals surface area contributed by atoms with Crippen LogP contribution in [0.15, 0.2) is 42.5 Å². The summed E-state index contributed by atoms with van der Waals surface area (Å²) in [6.07, 6.45) is -0.840. The van der Waals surface area contributed by atoms with Gasteiger partial charge in [0.25, 0.3) is 5.91 Å². The molecule has 1 atom stereocenters. The van der Waals surface area contributed by atoms with E-state index in [2.05, 4.69) is 10.1 Å². The molecular formula is C18H19NO5. The molecule has 6 heteroatoms. The number of carbonyl (C=O) groups excluding carboxylic acids is 2. The third-order valence-corrected chi connectivity index (χ3v) is 3.68. The second kappa shape index (κ2) is 7.61. The standard InChI is InChI=1S/C18H19NO5/c1-19-17(22)14-9-13(18(23)24-2)8-12(16(14)21)10-15(20)11-6-4-3-5-7-11/h3-9,15,20-21H,10H2,1-2H3,(H,19,22)/t15-/m0/s1. The van der Waals surface area contributed by atoms with Gasteiger partial charge in [0.15, 0.2) is 0 Å². The van der Waals surface area contributed by atoms with Gasteiger partial charge in [-0.15, -0.1) is 0 Å². The summed E-state index contributed by atoms with van der Waals surface area (Å²) in [4.78, 5) is 23.7. The molecule has 0 aromatic heterocycles. The van der Waals surface area contributed by atoms with Crippen LogP contribution in [0.1, 0.15) is 37.9 Å². The molecule has 3 N–H and O–H groups in total. The maximum Gasteiger partial charge on any atom is 0.337 e. The average molecular weight is 329 g/mol. The van der Waals surface area contributed by atoms with E-state index in [1.165, 1.54) is 26.3 Å². The highest BCUT2D eigenvalue weighted by molar-refractivity contribution is 6.00. The molecule has 0 aliphatic carbocycles. The van der Waals surface area contributed by atoms with Crippen LogP contribution in [0, 0.1) is 0 Å². The Labute approximate surface area is 139 Å². The number of hydrogen-bond acceptors (Lipinski definition) is 5. The lowest BCUT2D eigenvalue weighted by atomic mass is 9.96. The van der Waals surface area contributed by atoms with E-state index in [0.717, 1.165) is 0 Å². The van der Waals surface area contributed by atoms with E-state index in [1.54, 1.807) is 24.3 Å². The number of phenols is 1. The Morgan fingerprint density at radius 2 is 1.88 bits per heavy atom. The molecule has 0 fully saturated rings. The second-order valence-corrected chi connectivity index (χ2v) is 5.23. The first-order valence-corrected chi connectivity index (χ1v) is 7.37. The fraction of sp³-hybridized carbons (Fsp3) is 0.222. The molecule has 126 valence electrons. The van der Waals surface area contributed by atoms with Gasteiger partial charge in [-0.05, 0) is 23.3 Å². The van der Waals surface area contributed by atoms with Crippen LogP contribution in [0.5, 0.6) is 5.75 Å². The molecule has 2 aromatic rings. The number of esters is 1. The number of aliphatic hydroxyl groups is 1. The van der Waals surface area contributed by atoms with Crippen LogP contribution in [0.3, 0.4) is 0 Å². The third kappa shape index (κ3) is 3.72. The first-order valence-electron chi connectivity index (χ1n) is 7.37. The number of amides is 1. The molecular weight excluding hydrogens is 310 g/mol. The van der Waals surface area contributed by atoms with Crippen molar-refractivity contribution in [2.45, 2.75) is 12.5 Å². The SMILES string of the molecule is CNC(=O)c1cc(C(=O)OC)cc(C[C@H](O)c2ccccc2)c1O. The van der Waals surface area contributed by atoms with Crippen LogP contribution < -0.4 is 5.32 Å². The number of benzene rings is 2. The van der Waals surface area contributed by atoms with Crippen molar-refractivity contribution in [2.24, 2.45) is 0 Å². The highest BCUT2D eigenvalue weighted by Gasteiger charge is 2.21. The first-order chi connectivity index (χ1) is 11.5. The maximum atomic E-state index is 11.9. The summed E-state index contributed by atoms with van der Waals surface area (Å²) in [5.74, 6) is -1.43. The highest BCUT2D eigenvalue weighted by atomic mass is 16.5. The van der Waals surface area contributed by atoms with E-state index >= 15 is 0 Å². The van der Waals surface area contributed by atoms with Crippen LogP contribution >= 0.6 is 0 Å². The fourth-order valence-corrected chi connectivity index (χ4v) is 2.39. The summed E-state index contributed by atoms with van der Waals surface area (Å²) in [6, 6.07) is 11.6. The molecule has 1 amide bonds. The van der Waals surface area contributed by atoms with Crippen LogP contribution in [0.2, 0.25) is 0 Å². The van der Waals surface area contributed by atoms with Crippen LogP contribution in [-0.2, 0) is 11.2 Å². The lowest BCUT2D eigenvalue weighted by molar-refractivity contribution is 0.0600. The van der Waals surface area contributed by atoms with E-state index in [1.807, 2.05) is 6.07 Å². The van der Waals surface area contributed by atoms with Gasteiger partial charge in [0.1, 0.15) is 5.75 Å². The summed E-state index contributed by atoms with van der Waals surface area (Å²) in [6.45, 7) is 0. The number of aromatic hydroxyl groups is 1. The van der Waals surface area contributed by atoms with Gasteiger partial charge in [-0.3, -0.25) is 4.79 Å². The Hall–Kier alpha value is -2.86. The van der Waals surface area contributed by atoms with Crippen molar-refractivity contribution in [1.29, 1.82) is 0 Å². The van der Waals surface area contributed by atoms with Gasteiger partial charge < -0.3 is 20.3 Å². The van der Waals surface area contributed by atoms with Gasteiger partial charge in [0, 0.05) is 13.5 Å². The number of methoxy groups -OCH3 is 1. The quantitative estimate of drug-likeness (QED) is 0.727. The molecule has 0 saturated heterocycles. The summed E-state index contributed by atoms with van der Waals surface area (Å²) in [5.41, 5.74) is 1.04.